The SMILES string of the molecule is C[C@@H]1c2ccsc2CCN1CC(=O)Nc1ccccc1C(=O)NC1CC1. The summed E-state index contributed by atoms with van der Waals surface area (Å²) in [6.45, 7) is 3.36. The van der Waals surface area contributed by atoms with Crippen molar-refractivity contribution in [3.8, 4) is 0 Å². The average molecular weight is 369 g/mol. The molecule has 5 nitrogen and oxygen atoms in total. The molecule has 1 aliphatic carbocycles. The van der Waals surface area contributed by atoms with Crippen molar-refractivity contribution < 1.29 is 9.59 Å². The van der Waals surface area contributed by atoms with Gasteiger partial charge in [0.25, 0.3) is 5.91 Å². The monoisotopic (exact) mass is 369 g/mol. The van der Waals surface area contributed by atoms with Crippen molar-refractivity contribution in [2.45, 2.75) is 38.3 Å². The van der Waals surface area contributed by atoms with Crippen molar-refractivity contribution in [1.82, 2.24) is 10.2 Å². The molecule has 2 heterocycles. The maximum Gasteiger partial charge on any atom is 0.253 e. The van der Waals surface area contributed by atoms with Crippen LogP contribution in [0.25, 0.3) is 0 Å². The predicted molar refractivity (Wildman–Crippen MR) is 104 cm³/mol. The lowest BCUT2D eigenvalue weighted by atomic mass is 10.0. The van der Waals surface area contributed by atoms with Gasteiger partial charge in [-0.2, -0.15) is 0 Å². The fraction of sp³-hybridized carbons (Fsp3) is 0.400. The maximum absolute atomic E-state index is 12.6. The molecule has 0 unspecified atom stereocenters. The lowest BCUT2D eigenvalue weighted by Gasteiger charge is -2.33. The smallest absolute Gasteiger partial charge is 0.253 e. The number of hydrogen-bond donors (Lipinski definition) is 2. The van der Waals surface area contributed by atoms with Gasteiger partial charge >= 0.3 is 0 Å². The van der Waals surface area contributed by atoms with Crippen LogP contribution < -0.4 is 10.6 Å². The molecule has 0 saturated heterocycles. The summed E-state index contributed by atoms with van der Waals surface area (Å²) < 4.78 is 0. The Morgan fingerprint density at radius 2 is 2.04 bits per heavy atom. The van der Waals surface area contributed by atoms with Gasteiger partial charge in [0.05, 0.1) is 17.8 Å². The summed E-state index contributed by atoms with van der Waals surface area (Å²) in [5, 5.41) is 8.04. The standard InChI is InChI=1S/C20H23N3O2S/c1-13-15-9-11-26-18(15)8-10-23(13)12-19(24)22-17-5-3-2-4-16(17)20(25)21-14-6-7-14/h2-5,9,11,13-14H,6-8,10,12H2,1H3,(H,21,25)(H,22,24)/t13-/m1/s1. The van der Waals surface area contributed by atoms with Gasteiger partial charge in [-0.25, -0.2) is 0 Å². The van der Waals surface area contributed by atoms with E-state index in [9.17, 15) is 9.59 Å². The number of nitrogens with one attached hydrogen (secondary N) is 2. The molecule has 1 aromatic carbocycles. The third-order valence-corrected chi connectivity index (χ3v) is 6.11. The number of carbonyl (C=O) groups excluding carboxylic acids is 2. The highest BCUT2D eigenvalue weighted by atomic mass is 32.1. The van der Waals surface area contributed by atoms with Crippen LogP contribution in [0, 0.1) is 0 Å². The Hall–Kier alpha value is -2.18. The highest BCUT2D eigenvalue weighted by Gasteiger charge is 2.27. The van der Waals surface area contributed by atoms with Crippen LogP contribution in [0.4, 0.5) is 5.69 Å². The zero-order chi connectivity index (χ0) is 18.1. The zero-order valence-electron chi connectivity index (χ0n) is 14.8. The molecule has 4 rings (SSSR count). The summed E-state index contributed by atoms with van der Waals surface area (Å²) >= 11 is 1.80. The van der Waals surface area contributed by atoms with Gasteiger partial charge in [-0.3, -0.25) is 14.5 Å². The van der Waals surface area contributed by atoms with Crippen LogP contribution in [0.1, 0.15) is 46.6 Å². The number of rotatable bonds is 5. The maximum atomic E-state index is 12.6. The number of fused-ring (bicyclic) bond motifs is 1. The van der Waals surface area contributed by atoms with E-state index in [0.717, 1.165) is 25.8 Å². The molecule has 1 fully saturated rings. The van der Waals surface area contributed by atoms with Crippen molar-refractivity contribution in [3.05, 3.63) is 51.7 Å². The number of thiophene rings is 1. The minimum atomic E-state index is -0.113. The molecule has 0 spiro atoms. The van der Waals surface area contributed by atoms with Gasteiger partial charge in [0, 0.05) is 23.5 Å². The van der Waals surface area contributed by atoms with Crippen molar-refractivity contribution in [3.63, 3.8) is 0 Å². The van der Waals surface area contributed by atoms with Gasteiger partial charge in [0.1, 0.15) is 0 Å². The molecular formula is C20H23N3O2S. The second kappa shape index (κ2) is 7.21. The second-order valence-electron chi connectivity index (χ2n) is 7.04. The molecule has 2 amide bonds. The molecule has 136 valence electrons. The van der Waals surface area contributed by atoms with E-state index < -0.39 is 0 Å². The van der Waals surface area contributed by atoms with E-state index in [4.69, 9.17) is 0 Å². The summed E-state index contributed by atoms with van der Waals surface area (Å²) in [6, 6.07) is 9.90. The van der Waals surface area contributed by atoms with Gasteiger partial charge in [0.15, 0.2) is 0 Å². The molecular weight excluding hydrogens is 346 g/mol. The van der Waals surface area contributed by atoms with E-state index >= 15 is 0 Å². The van der Waals surface area contributed by atoms with E-state index in [1.54, 1.807) is 23.5 Å². The van der Waals surface area contributed by atoms with Crippen molar-refractivity contribution in [1.29, 1.82) is 0 Å². The second-order valence-corrected chi connectivity index (χ2v) is 8.04. The summed E-state index contributed by atoms with van der Waals surface area (Å²) in [5.41, 5.74) is 2.44. The van der Waals surface area contributed by atoms with E-state index in [-0.39, 0.29) is 17.9 Å². The van der Waals surface area contributed by atoms with Crippen LogP contribution in [-0.4, -0.2) is 35.8 Å². The lowest BCUT2D eigenvalue weighted by Crippen LogP contribution is -2.39. The average Bonchev–Trinajstić information content (AvgIpc) is 3.30. The molecule has 0 radical (unpaired) electrons. The van der Waals surface area contributed by atoms with Crippen LogP contribution in [-0.2, 0) is 11.2 Å². The molecule has 1 atom stereocenters. The van der Waals surface area contributed by atoms with Crippen LogP contribution in [0.15, 0.2) is 35.7 Å². The Labute approximate surface area is 157 Å². The van der Waals surface area contributed by atoms with E-state index in [0.29, 0.717) is 23.8 Å². The molecule has 2 N–H and O–H groups in total. The first-order valence-electron chi connectivity index (χ1n) is 9.12. The molecule has 26 heavy (non-hydrogen) atoms. The van der Waals surface area contributed by atoms with Crippen molar-refractivity contribution in [2.75, 3.05) is 18.4 Å². The fourth-order valence-electron chi connectivity index (χ4n) is 3.43. The third-order valence-electron chi connectivity index (χ3n) is 5.11. The number of benzene rings is 1. The lowest BCUT2D eigenvalue weighted by molar-refractivity contribution is -0.117. The molecule has 1 saturated carbocycles. The Bertz CT molecular complexity index is 828. The first-order chi connectivity index (χ1) is 12.6. The van der Waals surface area contributed by atoms with Gasteiger partial charge in [0.2, 0.25) is 5.91 Å². The number of para-hydroxylation sites is 1. The quantitative estimate of drug-likeness (QED) is 0.851. The number of hydrogen-bond acceptors (Lipinski definition) is 4. The van der Waals surface area contributed by atoms with Crippen LogP contribution in [0.3, 0.4) is 0 Å². The summed E-state index contributed by atoms with van der Waals surface area (Å²) in [5.74, 6) is -0.195. The Morgan fingerprint density at radius 3 is 2.85 bits per heavy atom. The van der Waals surface area contributed by atoms with Crippen LogP contribution in [0.2, 0.25) is 0 Å². The third kappa shape index (κ3) is 3.66. The van der Waals surface area contributed by atoms with Gasteiger partial charge in [-0.05, 0) is 55.3 Å². The Balaban J connectivity index is 1.42. The zero-order valence-corrected chi connectivity index (χ0v) is 15.6. The molecule has 1 aliphatic heterocycles. The number of nitrogens with zero attached hydrogens (tertiary/aromatic N) is 1. The van der Waals surface area contributed by atoms with Crippen LogP contribution in [0.5, 0.6) is 0 Å². The Morgan fingerprint density at radius 1 is 1.23 bits per heavy atom. The van der Waals surface area contributed by atoms with Gasteiger partial charge in [-0.15, -0.1) is 11.3 Å². The summed E-state index contributed by atoms with van der Waals surface area (Å²) in [6.07, 6.45) is 3.07. The fourth-order valence-corrected chi connectivity index (χ4v) is 4.40. The number of carbonyl (C=O) groups is 2. The van der Waals surface area contributed by atoms with Crippen molar-refractivity contribution in [2.24, 2.45) is 0 Å². The normalized spacial score (nSPS) is 19.7. The number of anilines is 1. The predicted octanol–water partition coefficient (Wildman–Crippen LogP) is 3.20. The van der Waals surface area contributed by atoms with Crippen molar-refractivity contribution >= 4 is 28.8 Å². The first-order valence-corrected chi connectivity index (χ1v) is 10.00. The topological polar surface area (TPSA) is 61.4 Å². The largest absolute Gasteiger partial charge is 0.349 e. The van der Waals surface area contributed by atoms with E-state index in [1.165, 1.54) is 10.4 Å². The molecule has 2 aromatic rings. The first kappa shape index (κ1) is 17.2. The highest BCUT2D eigenvalue weighted by molar-refractivity contribution is 7.10. The molecule has 1 aromatic heterocycles. The highest BCUT2D eigenvalue weighted by Crippen LogP contribution is 2.32. The number of amides is 2. The molecule has 6 heteroatoms. The van der Waals surface area contributed by atoms with E-state index in [1.807, 2.05) is 12.1 Å². The summed E-state index contributed by atoms with van der Waals surface area (Å²) in [7, 11) is 0. The van der Waals surface area contributed by atoms with Gasteiger partial charge in [-0.1, -0.05) is 12.1 Å². The minimum Gasteiger partial charge on any atom is -0.349 e. The van der Waals surface area contributed by atoms with E-state index in [2.05, 4.69) is 33.9 Å². The molecule has 2 aliphatic rings. The minimum absolute atomic E-state index is 0.0813. The van der Waals surface area contributed by atoms with Gasteiger partial charge < -0.3 is 10.6 Å². The van der Waals surface area contributed by atoms with Crippen LogP contribution >= 0.6 is 11.3 Å². The molecule has 0 bridgehead atoms. The summed E-state index contributed by atoms with van der Waals surface area (Å²) in [4.78, 5) is 28.6. The Kier molecular flexibility index (Phi) is 4.78.